The molecule has 0 saturated heterocycles. The molecule has 1 aromatic rings. The maximum Gasteiger partial charge on any atom is 2.00 e. The SMILES string of the molecule is C=C1C2=C(CCCC2)N=C(CC)N1CC(=[N-])C=[C-]c1cc(O)ccc1C#N.[U+2]. The summed E-state index contributed by atoms with van der Waals surface area (Å²) in [5, 5.41) is 29.2. The van der Waals surface area contributed by atoms with Crippen LogP contribution in [0.25, 0.3) is 5.41 Å². The Morgan fingerprint density at radius 1 is 1.43 bits per heavy atom. The Hall–Kier alpha value is -2.08. The van der Waals surface area contributed by atoms with Crippen molar-refractivity contribution >= 4 is 11.5 Å². The number of hydrogen-bond donors (Lipinski definition) is 1. The topological polar surface area (TPSA) is 81.9 Å². The zero-order valence-electron chi connectivity index (χ0n) is 16.0. The molecule has 0 fully saturated rings. The van der Waals surface area contributed by atoms with Gasteiger partial charge in [-0.3, -0.25) is 0 Å². The van der Waals surface area contributed by atoms with E-state index in [1.807, 2.05) is 17.9 Å². The fourth-order valence-corrected chi connectivity index (χ4v) is 3.43. The van der Waals surface area contributed by atoms with Crippen LogP contribution in [-0.2, 0) is 0 Å². The molecule has 0 unspecified atom stereocenters. The first-order valence-electron chi connectivity index (χ1n) is 9.17. The first-order chi connectivity index (χ1) is 13.0. The van der Waals surface area contributed by atoms with Gasteiger partial charge in [0.1, 0.15) is 5.84 Å². The molecule has 6 heteroatoms. The summed E-state index contributed by atoms with van der Waals surface area (Å²) in [6.45, 7) is 6.53. The van der Waals surface area contributed by atoms with Gasteiger partial charge in [0.2, 0.25) is 0 Å². The first kappa shape index (κ1) is 22.2. The first-order valence-corrected chi connectivity index (χ1v) is 9.17. The predicted octanol–water partition coefficient (Wildman–Crippen LogP) is 4.45. The number of allylic oxidation sites excluding steroid dienone is 2. The Morgan fingerprint density at radius 3 is 2.89 bits per heavy atom. The van der Waals surface area contributed by atoms with Gasteiger partial charge in [-0.2, -0.15) is 6.08 Å². The number of hydrogen-bond acceptors (Lipinski definition) is 4. The second-order valence-corrected chi connectivity index (χ2v) is 6.67. The fraction of sp³-hybridized carbons (Fsp3) is 0.318. The Bertz CT molecular complexity index is 921. The molecular formula is C22H22N4OU. The van der Waals surface area contributed by atoms with E-state index in [0.29, 0.717) is 11.1 Å². The normalized spacial score (nSPS) is 16.4. The zero-order valence-corrected chi connectivity index (χ0v) is 20.2. The van der Waals surface area contributed by atoms with Crippen LogP contribution >= 0.6 is 0 Å². The van der Waals surface area contributed by atoms with Crippen molar-refractivity contribution in [1.29, 1.82) is 5.26 Å². The predicted molar refractivity (Wildman–Crippen MR) is 107 cm³/mol. The number of aromatic hydroxyl groups is 1. The van der Waals surface area contributed by atoms with Gasteiger partial charge in [-0.25, -0.2) is 16.0 Å². The van der Waals surface area contributed by atoms with Crippen LogP contribution in [0.3, 0.4) is 0 Å². The third-order valence-corrected chi connectivity index (χ3v) is 4.84. The number of rotatable bonds is 5. The number of nitrogens with zero attached hydrogens (tertiary/aromatic N) is 4. The molecule has 0 radical (unpaired) electrons. The Labute approximate surface area is 190 Å². The van der Waals surface area contributed by atoms with Gasteiger partial charge in [-0.05, 0) is 49.4 Å². The molecule has 2 aliphatic rings. The van der Waals surface area contributed by atoms with Crippen LogP contribution in [0.2, 0.25) is 0 Å². The summed E-state index contributed by atoms with van der Waals surface area (Å²) < 4.78 is 0. The minimum absolute atomic E-state index is 0. The van der Waals surface area contributed by atoms with Crippen molar-refractivity contribution in [2.75, 3.05) is 6.54 Å². The molecule has 1 N–H and O–H groups in total. The largest absolute Gasteiger partial charge is 2.00 e. The van der Waals surface area contributed by atoms with Crippen molar-refractivity contribution in [2.45, 2.75) is 39.0 Å². The second kappa shape index (κ2) is 9.92. The molecule has 0 amide bonds. The standard InChI is InChI=1S/C22H22N4O.U/c1-3-22-25-21-7-5-4-6-20(21)15(2)26(22)14-18(24)10-8-16-12-19(27)11-9-17(16)13-23;/h9-12,27H,2-7,14H2,1H3;/q-2;+2. The third kappa shape index (κ3) is 4.85. The van der Waals surface area contributed by atoms with E-state index in [2.05, 4.69) is 12.7 Å². The van der Waals surface area contributed by atoms with Crippen LogP contribution in [0.15, 0.2) is 52.8 Å². The molecule has 0 saturated carbocycles. The number of phenolic OH excluding ortho intramolecular Hbond substituents is 1. The molecule has 1 aromatic carbocycles. The van der Waals surface area contributed by atoms with Crippen molar-refractivity contribution in [2.24, 2.45) is 4.99 Å². The summed E-state index contributed by atoms with van der Waals surface area (Å²) in [5.74, 6) is 0.946. The minimum atomic E-state index is 0. The van der Waals surface area contributed by atoms with E-state index in [0.717, 1.165) is 49.3 Å². The van der Waals surface area contributed by atoms with Gasteiger partial charge in [-0.1, -0.05) is 25.6 Å². The van der Waals surface area contributed by atoms with Crippen LogP contribution in [0.5, 0.6) is 5.75 Å². The molecule has 0 spiro atoms. The van der Waals surface area contributed by atoms with Crippen molar-refractivity contribution < 1.29 is 36.2 Å². The molecule has 0 atom stereocenters. The van der Waals surface area contributed by atoms with Gasteiger partial charge in [0.25, 0.3) is 0 Å². The van der Waals surface area contributed by atoms with Crippen LogP contribution in [0.4, 0.5) is 0 Å². The molecule has 3 rings (SSSR count). The van der Waals surface area contributed by atoms with Crippen molar-refractivity contribution in [3.63, 3.8) is 0 Å². The molecule has 1 heterocycles. The summed E-state index contributed by atoms with van der Waals surface area (Å²) >= 11 is 0. The maximum atomic E-state index is 10.4. The van der Waals surface area contributed by atoms with E-state index in [9.17, 15) is 10.5 Å². The van der Waals surface area contributed by atoms with Gasteiger partial charge in [0, 0.05) is 23.9 Å². The number of phenols is 1. The van der Waals surface area contributed by atoms with E-state index < -0.39 is 0 Å². The van der Waals surface area contributed by atoms with E-state index in [1.54, 1.807) is 0 Å². The average molecular weight is 596 g/mol. The van der Waals surface area contributed by atoms with Crippen LogP contribution in [0.1, 0.15) is 50.2 Å². The summed E-state index contributed by atoms with van der Waals surface area (Å²) in [6.07, 6.45) is 9.34. The van der Waals surface area contributed by atoms with Crippen molar-refractivity contribution in [3.8, 4) is 11.8 Å². The maximum absolute atomic E-state index is 10.4. The molecule has 5 nitrogen and oxygen atoms in total. The summed E-state index contributed by atoms with van der Waals surface area (Å²) in [5.41, 5.74) is 4.14. The number of nitriles is 1. The van der Waals surface area contributed by atoms with E-state index in [-0.39, 0.29) is 49.1 Å². The van der Waals surface area contributed by atoms with Gasteiger partial charge in [0.05, 0.1) is 5.75 Å². The number of amidine groups is 1. The van der Waals surface area contributed by atoms with Crippen molar-refractivity contribution in [1.82, 2.24) is 4.90 Å². The van der Waals surface area contributed by atoms with Crippen LogP contribution < -0.4 is 0 Å². The molecule has 28 heavy (non-hydrogen) atoms. The monoisotopic (exact) mass is 596 g/mol. The Morgan fingerprint density at radius 2 is 2.18 bits per heavy atom. The molecule has 1 aliphatic heterocycles. The summed E-state index contributed by atoms with van der Waals surface area (Å²) in [7, 11) is 0. The van der Waals surface area contributed by atoms with Crippen molar-refractivity contribution in [3.05, 3.63) is 70.4 Å². The molecule has 0 bridgehead atoms. The number of aliphatic imine (C=N–C) groups is 1. The zero-order chi connectivity index (χ0) is 19.4. The quantitative estimate of drug-likeness (QED) is 0.403. The van der Waals surface area contributed by atoms with E-state index >= 15 is 0 Å². The second-order valence-electron chi connectivity index (χ2n) is 6.67. The Balaban J connectivity index is 0.00000280. The van der Waals surface area contributed by atoms with Crippen LogP contribution in [-0.4, -0.2) is 28.1 Å². The summed E-state index contributed by atoms with van der Waals surface area (Å²) in [6, 6.07) is 6.46. The van der Waals surface area contributed by atoms with Gasteiger partial charge >= 0.3 is 31.1 Å². The summed E-state index contributed by atoms with van der Waals surface area (Å²) in [4.78, 5) is 6.74. The average Bonchev–Trinajstić information content (AvgIpc) is 2.68. The molecule has 140 valence electrons. The molecule has 1 aliphatic carbocycles. The van der Waals surface area contributed by atoms with E-state index in [4.69, 9.17) is 10.3 Å². The van der Waals surface area contributed by atoms with Gasteiger partial charge in [-0.15, -0.1) is 11.6 Å². The smallest absolute Gasteiger partial charge is 0.857 e. The van der Waals surface area contributed by atoms with Crippen LogP contribution in [0, 0.1) is 48.5 Å². The van der Waals surface area contributed by atoms with Gasteiger partial charge in [0.15, 0.2) is 0 Å². The minimum Gasteiger partial charge on any atom is -0.857 e. The third-order valence-electron chi connectivity index (χ3n) is 4.84. The van der Waals surface area contributed by atoms with E-state index in [1.165, 1.54) is 29.8 Å². The number of benzene rings is 1. The molecule has 0 aromatic heterocycles. The Kier molecular flexibility index (Phi) is 7.87. The van der Waals surface area contributed by atoms with Gasteiger partial charge < -0.3 is 15.4 Å². The fourth-order valence-electron chi connectivity index (χ4n) is 3.43. The molecular weight excluding hydrogens is 574 g/mol.